The second-order valence-electron chi connectivity index (χ2n) is 5.19. The Hall–Kier alpha value is -0.520. The van der Waals surface area contributed by atoms with Crippen molar-refractivity contribution in [1.29, 1.82) is 0 Å². The lowest BCUT2D eigenvalue weighted by Gasteiger charge is -2.18. The average molecular weight is 204 g/mol. The van der Waals surface area contributed by atoms with Gasteiger partial charge in [-0.25, -0.2) is 0 Å². The van der Waals surface area contributed by atoms with Crippen LogP contribution in [-0.2, 0) is 0 Å². The summed E-state index contributed by atoms with van der Waals surface area (Å²) in [6.07, 6.45) is 9.63. The first-order valence-electron chi connectivity index (χ1n) is 6.67. The van der Waals surface area contributed by atoms with E-state index in [1.165, 1.54) is 44.9 Å². The maximum absolute atomic E-state index is 2.43. The second kappa shape index (κ2) is 4.55. The molecule has 0 N–H and O–H groups in total. The normalized spacial score (nSPS) is 26.2. The SMILES string of the molecule is CCCCC1=C(C)C2=C(CCCC2)C1C. The first-order valence-corrected chi connectivity index (χ1v) is 6.67. The molecule has 0 aromatic rings. The van der Waals surface area contributed by atoms with Gasteiger partial charge in [0.15, 0.2) is 0 Å². The number of hydrogen-bond donors (Lipinski definition) is 0. The lowest BCUT2D eigenvalue weighted by molar-refractivity contribution is 0.621. The van der Waals surface area contributed by atoms with Crippen molar-refractivity contribution in [2.45, 2.75) is 65.7 Å². The molecule has 1 atom stereocenters. The highest BCUT2D eigenvalue weighted by atomic mass is 14.3. The third-order valence-corrected chi connectivity index (χ3v) is 4.29. The molecule has 0 spiro atoms. The van der Waals surface area contributed by atoms with Crippen LogP contribution in [0.4, 0.5) is 0 Å². The van der Waals surface area contributed by atoms with E-state index in [0.717, 1.165) is 5.92 Å². The van der Waals surface area contributed by atoms with Crippen LogP contribution in [0.25, 0.3) is 0 Å². The predicted octanol–water partition coefficient (Wildman–Crippen LogP) is 5.01. The Labute approximate surface area is 94.5 Å². The Bertz CT molecular complexity index is 304. The van der Waals surface area contributed by atoms with Gasteiger partial charge in [0, 0.05) is 0 Å². The molecule has 2 aliphatic rings. The Balaban J connectivity index is 2.17. The van der Waals surface area contributed by atoms with Crippen LogP contribution in [-0.4, -0.2) is 0 Å². The van der Waals surface area contributed by atoms with Gasteiger partial charge < -0.3 is 0 Å². The summed E-state index contributed by atoms with van der Waals surface area (Å²) in [5.74, 6) is 0.784. The molecule has 0 saturated carbocycles. The van der Waals surface area contributed by atoms with Gasteiger partial charge >= 0.3 is 0 Å². The topological polar surface area (TPSA) is 0 Å². The average Bonchev–Trinajstić information content (AvgIpc) is 2.51. The molecule has 2 rings (SSSR count). The van der Waals surface area contributed by atoms with Crippen LogP contribution < -0.4 is 0 Å². The van der Waals surface area contributed by atoms with E-state index in [1.807, 2.05) is 0 Å². The fraction of sp³-hybridized carbons (Fsp3) is 0.733. The molecule has 15 heavy (non-hydrogen) atoms. The van der Waals surface area contributed by atoms with Gasteiger partial charge in [-0.1, -0.05) is 31.4 Å². The molecule has 0 heteroatoms. The standard InChI is InChI=1S/C15H24/c1-4-5-8-13-11(2)14-9-6-7-10-15(14)12(13)3/h11H,4-10H2,1-3H3. The molecule has 0 fully saturated rings. The summed E-state index contributed by atoms with van der Waals surface area (Å²) in [6.45, 7) is 7.10. The van der Waals surface area contributed by atoms with Crippen molar-refractivity contribution >= 4 is 0 Å². The smallest absolute Gasteiger partial charge is 0.000969 e. The van der Waals surface area contributed by atoms with Crippen molar-refractivity contribution in [1.82, 2.24) is 0 Å². The van der Waals surface area contributed by atoms with Gasteiger partial charge in [0.1, 0.15) is 0 Å². The zero-order chi connectivity index (χ0) is 10.8. The van der Waals surface area contributed by atoms with Crippen molar-refractivity contribution < 1.29 is 0 Å². The largest absolute Gasteiger partial charge is 0.0654 e. The van der Waals surface area contributed by atoms with E-state index in [1.54, 1.807) is 22.3 Å². The molecule has 0 aromatic carbocycles. The van der Waals surface area contributed by atoms with Crippen LogP contribution in [0.2, 0.25) is 0 Å². The monoisotopic (exact) mass is 204 g/mol. The highest BCUT2D eigenvalue weighted by Gasteiger charge is 2.28. The molecular weight excluding hydrogens is 180 g/mol. The van der Waals surface area contributed by atoms with Gasteiger partial charge in [-0.3, -0.25) is 0 Å². The predicted molar refractivity (Wildman–Crippen MR) is 66.9 cm³/mol. The van der Waals surface area contributed by atoms with E-state index < -0.39 is 0 Å². The third-order valence-electron chi connectivity index (χ3n) is 4.29. The maximum atomic E-state index is 2.43. The Morgan fingerprint density at radius 1 is 1.20 bits per heavy atom. The minimum absolute atomic E-state index is 0.784. The van der Waals surface area contributed by atoms with Crippen LogP contribution in [0, 0.1) is 5.92 Å². The van der Waals surface area contributed by atoms with Gasteiger partial charge in [0.2, 0.25) is 0 Å². The van der Waals surface area contributed by atoms with Gasteiger partial charge in [-0.05, 0) is 62.5 Å². The zero-order valence-electron chi connectivity index (χ0n) is 10.5. The van der Waals surface area contributed by atoms with Crippen LogP contribution in [0.5, 0.6) is 0 Å². The number of rotatable bonds is 3. The molecule has 0 heterocycles. The van der Waals surface area contributed by atoms with Gasteiger partial charge in [0.05, 0.1) is 0 Å². The Morgan fingerprint density at radius 2 is 1.93 bits per heavy atom. The van der Waals surface area contributed by atoms with Crippen LogP contribution in [0.3, 0.4) is 0 Å². The van der Waals surface area contributed by atoms with Gasteiger partial charge in [-0.15, -0.1) is 0 Å². The van der Waals surface area contributed by atoms with Gasteiger partial charge in [-0.2, -0.15) is 0 Å². The Kier molecular flexibility index (Phi) is 3.33. The highest BCUT2D eigenvalue weighted by Crippen LogP contribution is 2.45. The number of hydrogen-bond acceptors (Lipinski definition) is 0. The van der Waals surface area contributed by atoms with Crippen LogP contribution >= 0.6 is 0 Å². The van der Waals surface area contributed by atoms with Crippen molar-refractivity contribution in [2.75, 3.05) is 0 Å². The lowest BCUT2D eigenvalue weighted by atomic mass is 9.87. The first kappa shape index (κ1) is 11.0. The lowest BCUT2D eigenvalue weighted by Crippen LogP contribution is -2.03. The van der Waals surface area contributed by atoms with E-state index in [4.69, 9.17) is 0 Å². The van der Waals surface area contributed by atoms with Gasteiger partial charge in [0.25, 0.3) is 0 Å². The van der Waals surface area contributed by atoms with Crippen molar-refractivity contribution in [2.24, 2.45) is 5.92 Å². The van der Waals surface area contributed by atoms with E-state index in [9.17, 15) is 0 Å². The summed E-state index contributed by atoms with van der Waals surface area (Å²) in [7, 11) is 0. The summed E-state index contributed by atoms with van der Waals surface area (Å²) < 4.78 is 0. The third kappa shape index (κ3) is 1.91. The molecule has 84 valence electrons. The molecule has 0 amide bonds. The number of allylic oxidation sites excluding steroid dienone is 4. The molecule has 0 aliphatic heterocycles. The summed E-state index contributed by atoms with van der Waals surface area (Å²) in [5, 5.41) is 0. The summed E-state index contributed by atoms with van der Waals surface area (Å²) in [4.78, 5) is 0. The molecule has 0 nitrogen and oxygen atoms in total. The van der Waals surface area contributed by atoms with E-state index in [-0.39, 0.29) is 0 Å². The number of unbranched alkanes of at least 4 members (excludes halogenated alkanes) is 1. The minimum atomic E-state index is 0.784. The summed E-state index contributed by atoms with van der Waals surface area (Å²) >= 11 is 0. The molecule has 0 bridgehead atoms. The van der Waals surface area contributed by atoms with Crippen molar-refractivity contribution in [3.63, 3.8) is 0 Å². The van der Waals surface area contributed by atoms with E-state index in [2.05, 4.69) is 20.8 Å². The molecule has 2 aliphatic carbocycles. The van der Waals surface area contributed by atoms with E-state index >= 15 is 0 Å². The highest BCUT2D eigenvalue weighted by molar-refractivity contribution is 5.49. The van der Waals surface area contributed by atoms with E-state index in [0.29, 0.717) is 0 Å². The van der Waals surface area contributed by atoms with Crippen molar-refractivity contribution in [3.8, 4) is 0 Å². The van der Waals surface area contributed by atoms with Crippen molar-refractivity contribution in [3.05, 3.63) is 22.3 Å². The fourth-order valence-electron chi connectivity index (χ4n) is 3.33. The quantitative estimate of drug-likeness (QED) is 0.606. The maximum Gasteiger partial charge on any atom is -0.000969 e. The molecule has 0 radical (unpaired) electrons. The summed E-state index contributed by atoms with van der Waals surface area (Å²) in [5.41, 5.74) is 6.99. The molecule has 0 saturated heterocycles. The van der Waals surface area contributed by atoms with Crippen LogP contribution in [0.1, 0.15) is 65.7 Å². The first-order chi connectivity index (χ1) is 7.25. The summed E-state index contributed by atoms with van der Waals surface area (Å²) in [6, 6.07) is 0. The minimum Gasteiger partial charge on any atom is -0.0654 e. The second-order valence-corrected chi connectivity index (χ2v) is 5.19. The van der Waals surface area contributed by atoms with Crippen LogP contribution in [0.15, 0.2) is 22.3 Å². The molecular formula is C15H24. The fourth-order valence-corrected chi connectivity index (χ4v) is 3.33. The zero-order valence-corrected chi connectivity index (χ0v) is 10.5. The molecule has 1 unspecified atom stereocenters. The Morgan fingerprint density at radius 3 is 2.60 bits per heavy atom. The molecule has 0 aromatic heterocycles.